The number of ketones is 1. The average molecular weight is 1110 g/mol. The number of rotatable bonds is 62. The standard InChI is InChI=1S/C65H128N2O7S2/c1-5-9-13-17-21-25-29-33-37-41-45-59(68)55-66(56-60(69)46-42-38-34-30-26-22-18-14-10-6-2)51-53-75-64(73)50-49-63(72)65(74)76-54-52-67(57-61(70)47-43-39-35-31-27-23-19-15-11-7-3)58-62(71)48-44-40-36-32-28-24-20-16-12-8-4/h59-62,68-71H,5-58H2,1-4H3. The molecule has 0 spiro atoms. The number of carbonyl (C=O) groups excluding carboxylic acids is 3. The Hall–Kier alpha value is -0.530. The zero-order valence-electron chi connectivity index (χ0n) is 50.7. The van der Waals surface area contributed by atoms with Gasteiger partial charge in [0, 0.05) is 63.6 Å². The van der Waals surface area contributed by atoms with Gasteiger partial charge in [-0.05, 0) is 25.7 Å². The van der Waals surface area contributed by atoms with Gasteiger partial charge in [-0.25, -0.2) is 0 Å². The summed E-state index contributed by atoms with van der Waals surface area (Å²) >= 11 is 2.16. The highest BCUT2D eigenvalue weighted by molar-refractivity contribution is 8.15. The summed E-state index contributed by atoms with van der Waals surface area (Å²) in [6.45, 7) is 11.9. The van der Waals surface area contributed by atoms with E-state index in [4.69, 9.17) is 0 Å². The van der Waals surface area contributed by atoms with Crippen molar-refractivity contribution < 1.29 is 34.8 Å². The molecule has 0 saturated heterocycles. The predicted molar refractivity (Wildman–Crippen MR) is 332 cm³/mol. The molecule has 4 atom stereocenters. The van der Waals surface area contributed by atoms with Crippen LogP contribution in [0.25, 0.3) is 0 Å². The van der Waals surface area contributed by atoms with Crippen LogP contribution in [-0.4, -0.2) is 121 Å². The lowest BCUT2D eigenvalue weighted by Gasteiger charge is -2.27. The Balaban J connectivity index is 5.01. The Labute approximate surface area is 480 Å². The number of thioether (sulfide) groups is 2. The molecule has 0 radical (unpaired) electrons. The quantitative estimate of drug-likeness (QED) is 0.0342. The minimum Gasteiger partial charge on any atom is -0.392 e. The van der Waals surface area contributed by atoms with Crippen LogP contribution < -0.4 is 0 Å². The molecule has 0 aromatic rings. The number of hydrogen-bond donors (Lipinski definition) is 4. The fraction of sp³-hybridized carbons (Fsp3) is 0.954. The van der Waals surface area contributed by atoms with E-state index in [0.29, 0.717) is 50.8 Å². The molecule has 9 nitrogen and oxygen atoms in total. The zero-order valence-corrected chi connectivity index (χ0v) is 52.4. The van der Waals surface area contributed by atoms with Crippen molar-refractivity contribution in [1.29, 1.82) is 0 Å². The van der Waals surface area contributed by atoms with E-state index < -0.39 is 35.3 Å². The van der Waals surface area contributed by atoms with E-state index in [1.54, 1.807) is 0 Å². The van der Waals surface area contributed by atoms with Crippen LogP contribution in [-0.2, 0) is 14.4 Å². The first-order valence-corrected chi connectivity index (χ1v) is 35.1. The monoisotopic (exact) mass is 1110 g/mol. The average Bonchev–Trinajstić information content (AvgIpc) is 3.39. The number of unbranched alkanes of at least 4 members (excludes halogenated alkanes) is 36. The molecule has 0 amide bonds. The van der Waals surface area contributed by atoms with Crippen molar-refractivity contribution in [1.82, 2.24) is 9.80 Å². The minimum absolute atomic E-state index is 0.000950. The summed E-state index contributed by atoms with van der Waals surface area (Å²) < 4.78 is 0. The number of nitrogens with zero attached hydrogens (tertiary/aromatic N) is 2. The summed E-state index contributed by atoms with van der Waals surface area (Å²) in [5, 5.41) is 43.6. The normalized spacial score (nSPS) is 13.5. The predicted octanol–water partition coefficient (Wildman–Crippen LogP) is 17.1. The molecule has 0 aliphatic carbocycles. The summed E-state index contributed by atoms with van der Waals surface area (Å²) in [5.41, 5.74) is 0. The van der Waals surface area contributed by atoms with Gasteiger partial charge in [-0.3, -0.25) is 24.2 Å². The van der Waals surface area contributed by atoms with Gasteiger partial charge in [0.25, 0.3) is 5.12 Å². The third-order valence-corrected chi connectivity index (χ3v) is 17.3. The molecule has 0 fully saturated rings. The highest BCUT2D eigenvalue weighted by Gasteiger charge is 2.21. The highest BCUT2D eigenvalue weighted by Crippen LogP contribution is 2.19. The number of hydrogen-bond acceptors (Lipinski definition) is 11. The van der Waals surface area contributed by atoms with Crippen LogP contribution in [0.15, 0.2) is 0 Å². The lowest BCUT2D eigenvalue weighted by atomic mass is 10.0. The van der Waals surface area contributed by atoms with Gasteiger partial charge in [-0.15, -0.1) is 0 Å². The van der Waals surface area contributed by atoms with Gasteiger partial charge < -0.3 is 20.4 Å². The van der Waals surface area contributed by atoms with E-state index in [9.17, 15) is 34.8 Å². The molecule has 0 aromatic heterocycles. The van der Waals surface area contributed by atoms with Crippen molar-refractivity contribution >= 4 is 39.5 Å². The largest absolute Gasteiger partial charge is 0.392 e. The van der Waals surface area contributed by atoms with Crippen molar-refractivity contribution in [3.8, 4) is 0 Å². The zero-order chi connectivity index (χ0) is 55.8. The Bertz CT molecular complexity index is 1180. The van der Waals surface area contributed by atoms with Crippen molar-refractivity contribution in [3.63, 3.8) is 0 Å². The first-order chi connectivity index (χ1) is 37.1. The van der Waals surface area contributed by atoms with E-state index in [2.05, 4.69) is 37.5 Å². The number of Topliss-reactive ketones (excluding diaryl/α,β-unsaturated/α-hetero) is 1. The van der Waals surface area contributed by atoms with Gasteiger partial charge in [-0.2, -0.15) is 0 Å². The van der Waals surface area contributed by atoms with Crippen LogP contribution in [0.1, 0.15) is 323 Å². The molecule has 4 unspecified atom stereocenters. The van der Waals surface area contributed by atoms with E-state index >= 15 is 0 Å². The third-order valence-electron chi connectivity index (χ3n) is 15.5. The van der Waals surface area contributed by atoms with Crippen LogP contribution in [0, 0.1) is 0 Å². The molecule has 11 heteroatoms. The number of aliphatic hydroxyl groups is 4. The van der Waals surface area contributed by atoms with Gasteiger partial charge in [0.05, 0.1) is 24.4 Å². The Morgan fingerprint density at radius 2 is 0.539 bits per heavy atom. The topological polar surface area (TPSA) is 139 Å². The second-order valence-corrected chi connectivity index (χ2v) is 25.5. The fourth-order valence-corrected chi connectivity index (χ4v) is 12.2. The van der Waals surface area contributed by atoms with E-state index in [1.165, 1.54) is 217 Å². The molecule has 0 bridgehead atoms. The molecular formula is C65H128N2O7S2. The van der Waals surface area contributed by atoms with Crippen LogP contribution in [0.5, 0.6) is 0 Å². The number of aliphatic hydroxyl groups excluding tert-OH is 4. The summed E-state index contributed by atoms with van der Waals surface area (Å²) in [6, 6.07) is 0. The maximum absolute atomic E-state index is 13.0. The van der Waals surface area contributed by atoms with Crippen LogP contribution >= 0.6 is 23.5 Å². The summed E-state index contributed by atoms with van der Waals surface area (Å²) in [6.07, 6.45) is 50.8. The molecular weight excluding hydrogens is 985 g/mol. The second kappa shape index (κ2) is 59.1. The van der Waals surface area contributed by atoms with E-state index in [1.807, 2.05) is 0 Å². The summed E-state index contributed by atoms with van der Waals surface area (Å²) in [7, 11) is 0. The Kier molecular flexibility index (Phi) is 58.7. The summed E-state index contributed by atoms with van der Waals surface area (Å²) in [5.74, 6) is 0.339. The van der Waals surface area contributed by atoms with Gasteiger partial charge in [0.2, 0.25) is 5.78 Å². The second-order valence-electron chi connectivity index (χ2n) is 23.3. The molecule has 0 aromatic carbocycles. The first kappa shape index (κ1) is 75.5. The Morgan fingerprint density at radius 3 is 0.789 bits per heavy atom. The van der Waals surface area contributed by atoms with Gasteiger partial charge >= 0.3 is 0 Å². The van der Waals surface area contributed by atoms with Gasteiger partial charge in [0.15, 0.2) is 5.12 Å². The molecule has 452 valence electrons. The maximum atomic E-state index is 13.0. The smallest absolute Gasteiger partial charge is 0.255 e. The fourth-order valence-electron chi connectivity index (χ4n) is 10.6. The molecule has 0 saturated carbocycles. The SMILES string of the molecule is CCCCCCCCCCCCC(O)CN(CCSC(=O)CCC(=O)C(=O)SCCN(CC(O)CCCCCCCCCCCC)CC(O)CCCCCCCCCCCC)CC(O)CCCCCCCCCCCC. The molecule has 0 rings (SSSR count). The van der Waals surface area contributed by atoms with E-state index in [0.717, 1.165) is 88.8 Å². The molecule has 0 heterocycles. The van der Waals surface area contributed by atoms with Gasteiger partial charge in [0.1, 0.15) is 0 Å². The van der Waals surface area contributed by atoms with Gasteiger partial charge in [-0.1, -0.05) is 308 Å². The lowest BCUT2D eigenvalue weighted by molar-refractivity contribution is -0.132. The van der Waals surface area contributed by atoms with E-state index in [-0.39, 0.29) is 18.0 Å². The summed E-state index contributed by atoms with van der Waals surface area (Å²) in [4.78, 5) is 43.2. The maximum Gasteiger partial charge on any atom is 0.255 e. The van der Waals surface area contributed by atoms with Crippen molar-refractivity contribution in [2.45, 2.75) is 347 Å². The van der Waals surface area contributed by atoms with Crippen LogP contribution in [0.2, 0.25) is 0 Å². The first-order valence-electron chi connectivity index (χ1n) is 33.1. The number of carbonyl (C=O) groups is 3. The lowest BCUT2D eigenvalue weighted by Crippen LogP contribution is -2.39. The van der Waals surface area contributed by atoms with Crippen LogP contribution in [0.4, 0.5) is 0 Å². The third kappa shape index (κ3) is 54.1. The van der Waals surface area contributed by atoms with Crippen LogP contribution in [0.3, 0.4) is 0 Å². The van der Waals surface area contributed by atoms with Crippen molar-refractivity contribution in [3.05, 3.63) is 0 Å². The Morgan fingerprint density at radius 1 is 0.316 bits per heavy atom. The van der Waals surface area contributed by atoms with Crippen molar-refractivity contribution in [2.75, 3.05) is 50.8 Å². The molecule has 76 heavy (non-hydrogen) atoms. The molecule has 4 N–H and O–H groups in total. The minimum atomic E-state index is -0.542. The molecule has 0 aliphatic heterocycles. The molecule has 0 aliphatic rings. The van der Waals surface area contributed by atoms with Crippen molar-refractivity contribution in [2.24, 2.45) is 0 Å². The highest BCUT2D eigenvalue weighted by atomic mass is 32.2.